The van der Waals surface area contributed by atoms with Crippen LogP contribution in [0.15, 0.2) is 18.2 Å². The topological polar surface area (TPSA) is 29.3 Å². The Labute approximate surface area is 109 Å². The zero-order valence-electron chi connectivity index (χ0n) is 11.3. The van der Waals surface area contributed by atoms with Gasteiger partial charge < -0.3 is 5.73 Å². The number of nitrogens with zero attached hydrogens (tertiary/aromatic N) is 1. The molecule has 100 valence electrons. The molecule has 0 radical (unpaired) electrons. The van der Waals surface area contributed by atoms with Crippen molar-refractivity contribution in [1.29, 1.82) is 0 Å². The minimum atomic E-state index is -0.131. The van der Waals surface area contributed by atoms with Crippen molar-refractivity contribution in [1.82, 2.24) is 4.90 Å². The number of halogens is 1. The molecule has 1 aliphatic rings. The van der Waals surface area contributed by atoms with Gasteiger partial charge in [-0.3, -0.25) is 4.90 Å². The maximum atomic E-state index is 13.7. The summed E-state index contributed by atoms with van der Waals surface area (Å²) >= 11 is 0. The lowest BCUT2D eigenvalue weighted by Gasteiger charge is -2.30. The quantitative estimate of drug-likeness (QED) is 0.841. The summed E-state index contributed by atoms with van der Waals surface area (Å²) in [4.78, 5) is 2.38. The van der Waals surface area contributed by atoms with Crippen LogP contribution in [-0.2, 0) is 0 Å². The lowest BCUT2D eigenvalue weighted by molar-refractivity contribution is 0.203. The molecule has 1 unspecified atom stereocenters. The second-order valence-electron chi connectivity index (χ2n) is 5.29. The van der Waals surface area contributed by atoms with Crippen LogP contribution in [0.25, 0.3) is 0 Å². The van der Waals surface area contributed by atoms with Gasteiger partial charge in [0.25, 0.3) is 0 Å². The van der Waals surface area contributed by atoms with Gasteiger partial charge >= 0.3 is 0 Å². The number of hydrogen-bond acceptors (Lipinski definition) is 2. The van der Waals surface area contributed by atoms with Crippen LogP contribution < -0.4 is 5.73 Å². The molecule has 2 nitrogen and oxygen atoms in total. The molecular weight excluding hydrogens is 227 g/mol. The number of hydrogen-bond donors (Lipinski definition) is 1. The van der Waals surface area contributed by atoms with Gasteiger partial charge in [-0.05, 0) is 49.4 Å². The fraction of sp³-hybridized carbons (Fsp3) is 0.600. The molecule has 2 N–H and O–H groups in total. The molecule has 0 saturated heterocycles. The number of rotatable bonds is 6. The molecule has 3 heteroatoms. The molecule has 0 aromatic heterocycles. The molecule has 1 fully saturated rings. The average Bonchev–Trinajstić information content (AvgIpc) is 3.17. The summed E-state index contributed by atoms with van der Waals surface area (Å²) in [6.07, 6.45) is 2.66. The van der Waals surface area contributed by atoms with Crippen LogP contribution in [0.3, 0.4) is 0 Å². The molecule has 0 amide bonds. The molecule has 1 atom stereocenters. The monoisotopic (exact) mass is 250 g/mol. The molecule has 1 aromatic rings. The number of likely N-dealkylation sites (N-methyl/N-ethyl adjacent to an activating group) is 1. The van der Waals surface area contributed by atoms with Crippen molar-refractivity contribution in [3.8, 4) is 0 Å². The predicted molar refractivity (Wildman–Crippen MR) is 72.9 cm³/mol. The number of benzene rings is 1. The highest BCUT2D eigenvalue weighted by Gasteiger charge is 2.27. The van der Waals surface area contributed by atoms with Crippen LogP contribution in [0.1, 0.15) is 36.9 Å². The first-order valence-electron chi connectivity index (χ1n) is 6.85. The van der Waals surface area contributed by atoms with E-state index < -0.39 is 0 Å². The molecular formula is C15H23FN2. The zero-order valence-corrected chi connectivity index (χ0v) is 11.3. The highest BCUT2D eigenvalue weighted by atomic mass is 19.1. The Morgan fingerprint density at radius 1 is 1.44 bits per heavy atom. The summed E-state index contributed by atoms with van der Waals surface area (Å²) < 4.78 is 13.7. The highest BCUT2D eigenvalue weighted by molar-refractivity contribution is 5.26. The van der Waals surface area contributed by atoms with Crippen LogP contribution >= 0.6 is 0 Å². The van der Waals surface area contributed by atoms with E-state index in [2.05, 4.69) is 11.8 Å². The second-order valence-corrected chi connectivity index (χ2v) is 5.29. The Balaban J connectivity index is 2.16. The zero-order chi connectivity index (χ0) is 13.1. The fourth-order valence-corrected chi connectivity index (χ4v) is 2.42. The Bertz CT molecular complexity index is 401. The van der Waals surface area contributed by atoms with Crippen molar-refractivity contribution in [2.75, 3.05) is 19.6 Å². The van der Waals surface area contributed by atoms with Crippen molar-refractivity contribution in [2.24, 2.45) is 11.7 Å². The minimum Gasteiger partial charge on any atom is -0.329 e. The van der Waals surface area contributed by atoms with Crippen LogP contribution in [0.5, 0.6) is 0 Å². The largest absolute Gasteiger partial charge is 0.329 e. The van der Waals surface area contributed by atoms with Gasteiger partial charge in [-0.2, -0.15) is 0 Å². The van der Waals surface area contributed by atoms with E-state index in [1.807, 2.05) is 12.1 Å². The minimum absolute atomic E-state index is 0.131. The molecule has 0 aliphatic heterocycles. The van der Waals surface area contributed by atoms with Gasteiger partial charge in [0.1, 0.15) is 5.82 Å². The number of aryl methyl sites for hydroxylation is 1. The van der Waals surface area contributed by atoms with Gasteiger partial charge in [-0.1, -0.05) is 19.1 Å². The maximum absolute atomic E-state index is 13.7. The van der Waals surface area contributed by atoms with Crippen molar-refractivity contribution < 1.29 is 4.39 Å². The molecule has 1 aliphatic carbocycles. The van der Waals surface area contributed by atoms with Crippen LogP contribution in [0, 0.1) is 18.7 Å². The molecule has 1 saturated carbocycles. The third-order valence-corrected chi connectivity index (χ3v) is 3.84. The predicted octanol–water partition coefficient (Wildman–Crippen LogP) is 2.87. The Morgan fingerprint density at radius 2 is 2.17 bits per heavy atom. The third kappa shape index (κ3) is 3.09. The number of nitrogens with two attached hydrogens (primary N) is 1. The van der Waals surface area contributed by atoms with E-state index in [4.69, 9.17) is 5.73 Å². The van der Waals surface area contributed by atoms with Crippen LogP contribution in [0.4, 0.5) is 4.39 Å². The molecule has 2 rings (SSSR count). The summed E-state index contributed by atoms with van der Waals surface area (Å²) in [7, 11) is 0. The van der Waals surface area contributed by atoms with E-state index in [-0.39, 0.29) is 11.9 Å². The average molecular weight is 250 g/mol. The molecule has 0 spiro atoms. The van der Waals surface area contributed by atoms with Crippen molar-refractivity contribution in [3.63, 3.8) is 0 Å². The van der Waals surface area contributed by atoms with Crippen molar-refractivity contribution in [3.05, 3.63) is 35.1 Å². The third-order valence-electron chi connectivity index (χ3n) is 3.84. The van der Waals surface area contributed by atoms with E-state index in [0.717, 1.165) is 24.6 Å². The maximum Gasteiger partial charge on any atom is 0.126 e. The van der Waals surface area contributed by atoms with Gasteiger partial charge in [0, 0.05) is 19.1 Å². The summed E-state index contributed by atoms with van der Waals surface area (Å²) in [5, 5.41) is 0. The Morgan fingerprint density at radius 3 is 2.67 bits per heavy atom. The first-order valence-corrected chi connectivity index (χ1v) is 6.85. The second kappa shape index (κ2) is 5.81. The van der Waals surface area contributed by atoms with Crippen LogP contribution in [-0.4, -0.2) is 24.5 Å². The van der Waals surface area contributed by atoms with E-state index in [1.54, 1.807) is 13.0 Å². The van der Waals surface area contributed by atoms with E-state index in [0.29, 0.717) is 12.1 Å². The van der Waals surface area contributed by atoms with Crippen molar-refractivity contribution in [2.45, 2.75) is 32.7 Å². The molecule has 0 bridgehead atoms. The summed E-state index contributed by atoms with van der Waals surface area (Å²) in [5.41, 5.74) is 7.60. The summed E-state index contributed by atoms with van der Waals surface area (Å²) in [6.45, 7) is 6.54. The summed E-state index contributed by atoms with van der Waals surface area (Å²) in [5.74, 6) is 0.697. The standard InChI is InChI=1S/C15H23FN2/c1-3-18(10-12-5-6-12)15(9-17)13-7-4-11(2)14(16)8-13/h4,7-8,12,15H,3,5-6,9-10,17H2,1-2H3. The summed E-state index contributed by atoms with van der Waals surface area (Å²) in [6, 6.07) is 5.64. The smallest absolute Gasteiger partial charge is 0.126 e. The van der Waals surface area contributed by atoms with E-state index >= 15 is 0 Å². The molecule has 1 aromatic carbocycles. The van der Waals surface area contributed by atoms with Gasteiger partial charge in [-0.25, -0.2) is 4.39 Å². The normalized spacial score (nSPS) is 17.2. The molecule has 0 heterocycles. The Kier molecular flexibility index (Phi) is 4.36. The first kappa shape index (κ1) is 13.5. The highest BCUT2D eigenvalue weighted by Crippen LogP contribution is 2.32. The SMILES string of the molecule is CCN(CC1CC1)C(CN)c1ccc(C)c(F)c1. The van der Waals surface area contributed by atoms with Gasteiger partial charge in [0.2, 0.25) is 0 Å². The fourth-order valence-electron chi connectivity index (χ4n) is 2.42. The van der Waals surface area contributed by atoms with Crippen molar-refractivity contribution >= 4 is 0 Å². The van der Waals surface area contributed by atoms with E-state index in [1.165, 1.54) is 12.8 Å². The molecule has 18 heavy (non-hydrogen) atoms. The Hall–Kier alpha value is -0.930. The van der Waals surface area contributed by atoms with Gasteiger partial charge in [-0.15, -0.1) is 0 Å². The van der Waals surface area contributed by atoms with Gasteiger partial charge in [0.15, 0.2) is 0 Å². The first-order chi connectivity index (χ1) is 8.65. The lowest BCUT2D eigenvalue weighted by Crippen LogP contribution is -2.35. The van der Waals surface area contributed by atoms with Gasteiger partial charge in [0.05, 0.1) is 0 Å². The van der Waals surface area contributed by atoms with Crippen LogP contribution in [0.2, 0.25) is 0 Å². The lowest BCUT2D eigenvalue weighted by atomic mass is 10.0. The van der Waals surface area contributed by atoms with E-state index in [9.17, 15) is 4.39 Å².